The third-order valence-corrected chi connectivity index (χ3v) is 3.32. The summed E-state index contributed by atoms with van der Waals surface area (Å²) >= 11 is 6.19. The molecule has 1 rings (SSSR count). The highest BCUT2D eigenvalue weighted by Crippen LogP contribution is 2.20. The van der Waals surface area contributed by atoms with Gasteiger partial charge in [-0.3, -0.25) is 9.58 Å². The summed E-state index contributed by atoms with van der Waals surface area (Å²) in [6.07, 6.45) is 0. The Bertz CT molecular complexity index is 419. The predicted octanol–water partition coefficient (Wildman–Crippen LogP) is 2.36. The van der Waals surface area contributed by atoms with Crippen molar-refractivity contribution in [2.75, 3.05) is 13.1 Å². The minimum atomic E-state index is 0.0331. The van der Waals surface area contributed by atoms with Gasteiger partial charge in [-0.2, -0.15) is 10.4 Å². The van der Waals surface area contributed by atoms with Gasteiger partial charge < -0.3 is 0 Å². The lowest BCUT2D eigenvalue weighted by Gasteiger charge is -2.21. The average Bonchev–Trinajstić information content (AvgIpc) is 2.54. The molecular formula is C12H19ClN4. The van der Waals surface area contributed by atoms with E-state index in [-0.39, 0.29) is 5.92 Å². The van der Waals surface area contributed by atoms with Crippen LogP contribution in [0.4, 0.5) is 0 Å². The van der Waals surface area contributed by atoms with Crippen LogP contribution < -0.4 is 0 Å². The van der Waals surface area contributed by atoms with Crippen LogP contribution in [0.2, 0.25) is 5.15 Å². The van der Waals surface area contributed by atoms with Gasteiger partial charge in [-0.15, -0.1) is 0 Å². The van der Waals surface area contributed by atoms with Crippen LogP contribution in [0.1, 0.15) is 25.1 Å². The lowest BCUT2D eigenvalue weighted by atomic mass is 10.1. The van der Waals surface area contributed by atoms with Crippen LogP contribution in [0.15, 0.2) is 0 Å². The van der Waals surface area contributed by atoms with Gasteiger partial charge in [-0.25, -0.2) is 0 Å². The van der Waals surface area contributed by atoms with Gasteiger partial charge in [0.1, 0.15) is 5.15 Å². The van der Waals surface area contributed by atoms with E-state index in [2.05, 4.69) is 23.0 Å². The molecule has 1 aromatic heterocycles. The van der Waals surface area contributed by atoms with Crippen molar-refractivity contribution < 1.29 is 0 Å². The Morgan fingerprint density at radius 3 is 2.65 bits per heavy atom. The molecule has 94 valence electrons. The molecule has 0 fully saturated rings. The zero-order chi connectivity index (χ0) is 13.0. The molecule has 1 heterocycles. The molecule has 1 unspecified atom stereocenters. The van der Waals surface area contributed by atoms with Crippen LogP contribution in [0, 0.1) is 24.2 Å². The summed E-state index contributed by atoms with van der Waals surface area (Å²) in [4.78, 5) is 2.21. The first-order valence-corrected chi connectivity index (χ1v) is 6.17. The minimum absolute atomic E-state index is 0.0331. The highest BCUT2D eigenvalue weighted by Gasteiger charge is 2.15. The van der Waals surface area contributed by atoms with Crippen LogP contribution >= 0.6 is 11.6 Å². The number of hydrogen-bond donors (Lipinski definition) is 0. The lowest BCUT2D eigenvalue weighted by Crippen LogP contribution is -2.27. The molecule has 1 atom stereocenters. The monoisotopic (exact) mass is 254 g/mol. The zero-order valence-corrected chi connectivity index (χ0v) is 11.6. The van der Waals surface area contributed by atoms with E-state index >= 15 is 0 Å². The molecule has 0 aromatic carbocycles. The number of rotatable bonds is 5. The van der Waals surface area contributed by atoms with Gasteiger partial charge in [-0.1, -0.05) is 18.5 Å². The number of nitriles is 1. The fraction of sp³-hybridized carbons (Fsp3) is 0.667. The van der Waals surface area contributed by atoms with Crippen molar-refractivity contribution in [3.63, 3.8) is 0 Å². The van der Waals surface area contributed by atoms with Crippen molar-refractivity contribution in [3.8, 4) is 6.07 Å². The highest BCUT2D eigenvalue weighted by atomic mass is 35.5. The molecule has 0 aliphatic rings. The fourth-order valence-electron chi connectivity index (χ4n) is 1.81. The molecule has 5 heteroatoms. The van der Waals surface area contributed by atoms with Crippen molar-refractivity contribution in [1.82, 2.24) is 14.7 Å². The lowest BCUT2D eigenvalue weighted by molar-refractivity contribution is 0.260. The molecular weight excluding hydrogens is 236 g/mol. The number of nitrogens with zero attached hydrogens (tertiary/aromatic N) is 4. The Labute approximate surface area is 108 Å². The molecule has 0 amide bonds. The van der Waals surface area contributed by atoms with Crippen molar-refractivity contribution in [2.24, 2.45) is 13.0 Å². The van der Waals surface area contributed by atoms with Gasteiger partial charge in [0.25, 0.3) is 0 Å². The number of aromatic nitrogens is 2. The molecule has 0 saturated heterocycles. The Morgan fingerprint density at radius 1 is 1.59 bits per heavy atom. The zero-order valence-electron chi connectivity index (χ0n) is 10.9. The second-order valence-corrected chi connectivity index (χ2v) is 4.69. The van der Waals surface area contributed by atoms with E-state index in [4.69, 9.17) is 16.9 Å². The normalized spacial score (nSPS) is 12.8. The van der Waals surface area contributed by atoms with Crippen molar-refractivity contribution >= 4 is 11.6 Å². The SMILES string of the molecule is CCN(Cc1c(C)nn(C)c1Cl)CC(C)C#N. The third kappa shape index (κ3) is 3.45. The fourth-order valence-corrected chi connectivity index (χ4v) is 2.04. The molecule has 0 aliphatic carbocycles. The summed E-state index contributed by atoms with van der Waals surface area (Å²) in [6, 6.07) is 2.25. The summed E-state index contributed by atoms with van der Waals surface area (Å²) in [6.45, 7) is 8.39. The topological polar surface area (TPSA) is 44.9 Å². The van der Waals surface area contributed by atoms with Gasteiger partial charge in [0, 0.05) is 25.7 Å². The summed E-state index contributed by atoms with van der Waals surface area (Å²) in [5, 5.41) is 13.8. The van der Waals surface area contributed by atoms with Crippen molar-refractivity contribution in [2.45, 2.75) is 27.3 Å². The molecule has 0 radical (unpaired) electrons. The average molecular weight is 255 g/mol. The van der Waals surface area contributed by atoms with Crippen LogP contribution in [0.3, 0.4) is 0 Å². The maximum absolute atomic E-state index is 8.84. The van der Waals surface area contributed by atoms with Gasteiger partial charge in [0.2, 0.25) is 0 Å². The van der Waals surface area contributed by atoms with E-state index in [0.29, 0.717) is 5.15 Å². The molecule has 1 aromatic rings. The first-order chi connectivity index (χ1) is 7.99. The van der Waals surface area contributed by atoms with Gasteiger partial charge in [-0.05, 0) is 20.4 Å². The predicted molar refractivity (Wildman–Crippen MR) is 68.7 cm³/mol. The Kier molecular flexibility index (Phi) is 4.98. The quantitative estimate of drug-likeness (QED) is 0.810. The molecule has 0 N–H and O–H groups in total. The second kappa shape index (κ2) is 6.04. The van der Waals surface area contributed by atoms with Gasteiger partial charge in [0.05, 0.1) is 17.7 Å². The summed E-state index contributed by atoms with van der Waals surface area (Å²) in [5.41, 5.74) is 2.02. The van der Waals surface area contributed by atoms with E-state index in [1.807, 2.05) is 20.9 Å². The summed E-state index contributed by atoms with van der Waals surface area (Å²) < 4.78 is 1.69. The van der Waals surface area contributed by atoms with Crippen LogP contribution in [-0.4, -0.2) is 27.8 Å². The number of hydrogen-bond acceptors (Lipinski definition) is 3. The van der Waals surface area contributed by atoms with Crippen molar-refractivity contribution in [1.29, 1.82) is 5.26 Å². The van der Waals surface area contributed by atoms with E-state index in [1.54, 1.807) is 4.68 Å². The van der Waals surface area contributed by atoms with Gasteiger partial charge in [0.15, 0.2) is 0 Å². The van der Waals surface area contributed by atoms with E-state index in [1.165, 1.54) is 0 Å². The van der Waals surface area contributed by atoms with Crippen molar-refractivity contribution in [3.05, 3.63) is 16.4 Å². The number of halogens is 1. The Hall–Kier alpha value is -1.05. The smallest absolute Gasteiger partial charge is 0.131 e. The first-order valence-electron chi connectivity index (χ1n) is 5.79. The first kappa shape index (κ1) is 14.0. The maximum atomic E-state index is 8.84. The Morgan fingerprint density at radius 2 is 2.24 bits per heavy atom. The Balaban J connectivity index is 2.78. The largest absolute Gasteiger partial charge is 0.298 e. The molecule has 0 aliphatic heterocycles. The van der Waals surface area contributed by atoms with E-state index in [9.17, 15) is 0 Å². The number of aryl methyl sites for hydroxylation is 2. The second-order valence-electron chi connectivity index (χ2n) is 4.34. The molecule has 17 heavy (non-hydrogen) atoms. The minimum Gasteiger partial charge on any atom is -0.298 e. The molecule has 0 saturated carbocycles. The maximum Gasteiger partial charge on any atom is 0.131 e. The van der Waals surface area contributed by atoms with Gasteiger partial charge >= 0.3 is 0 Å². The van der Waals surface area contributed by atoms with Crippen LogP contribution in [0.5, 0.6) is 0 Å². The van der Waals surface area contributed by atoms with Crippen LogP contribution in [-0.2, 0) is 13.6 Å². The van der Waals surface area contributed by atoms with Crippen LogP contribution in [0.25, 0.3) is 0 Å². The highest BCUT2D eigenvalue weighted by molar-refractivity contribution is 6.30. The molecule has 0 bridgehead atoms. The molecule has 0 spiro atoms. The standard InChI is InChI=1S/C12H19ClN4/c1-5-17(7-9(2)6-14)8-11-10(3)15-16(4)12(11)13/h9H,5,7-8H2,1-4H3. The third-order valence-electron chi connectivity index (χ3n) is 2.85. The van der Waals surface area contributed by atoms with E-state index in [0.717, 1.165) is 30.9 Å². The summed E-state index contributed by atoms with van der Waals surface area (Å²) in [7, 11) is 1.84. The summed E-state index contributed by atoms with van der Waals surface area (Å²) in [5.74, 6) is 0.0331. The van der Waals surface area contributed by atoms with E-state index < -0.39 is 0 Å². The molecule has 4 nitrogen and oxygen atoms in total.